The van der Waals surface area contributed by atoms with Gasteiger partial charge in [-0.3, -0.25) is 4.79 Å². The normalized spacial score (nSPS) is 12.0. The number of alkyl halides is 2. The molecule has 1 unspecified atom stereocenters. The number of hydrogen-bond acceptors (Lipinski definition) is 3. The molecule has 0 aliphatic heterocycles. The molecule has 2 aromatic carbocycles. The Labute approximate surface area is 145 Å². The maximum atomic E-state index is 12.5. The summed E-state index contributed by atoms with van der Waals surface area (Å²) in [6.07, 6.45) is -0.763. The number of para-hydroxylation sites is 1. The molecule has 122 valence electrons. The first-order valence-electron chi connectivity index (χ1n) is 6.72. The fraction of sp³-hybridized carbons (Fsp3) is 0.188. The van der Waals surface area contributed by atoms with Crippen molar-refractivity contribution in [3.63, 3.8) is 0 Å². The summed E-state index contributed by atoms with van der Waals surface area (Å²) in [5.74, 6) is -2.41. The summed E-state index contributed by atoms with van der Waals surface area (Å²) >= 11 is 3.70. The van der Waals surface area contributed by atoms with Crippen LogP contribution < -0.4 is 10.1 Å². The van der Waals surface area contributed by atoms with Gasteiger partial charge in [-0.15, -0.1) is 0 Å². The third-order valence-electron chi connectivity index (χ3n) is 2.86. The summed E-state index contributed by atoms with van der Waals surface area (Å²) in [4.78, 5) is 12.5. The van der Waals surface area contributed by atoms with Gasteiger partial charge in [0, 0.05) is 9.37 Å². The van der Waals surface area contributed by atoms with Gasteiger partial charge in [-0.05, 0) is 43.3 Å². The highest BCUT2D eigenvalue weighted by Gasteiger charge is 2.17. The fourth-order valence-electron chi connectivity index (χ4n) is 1.77. The quantitative estimate of drug-likeness (QED) is 0.678. The van der Waals surface area contributed by atoms with E-state index < -0.39 is 17.8 Å². The van der Waals surface area contributed by atoms with Crippen LogP contribution in [0.3, 0.4) is 0 Å². The smallest absolute Gasteiger partial charge is 0.288 e. The number of rotatable bonds is 6. The van der Waals surface area contributed by atoms with Crippen LogP contribution in [0.2, 0.25) is 0 Å². The zero-order valence-corrected chi connectivity index (χ0v) is 14.5. The molecule has 23 heavy (non-hydrogen) atoms. The third-order valence-corrected chi connectivity index (χ3v) is 4.17. The topological polar surface area (TPSA) is 38.3 Å². The van der Waals surface area contributed by atoms with Crippen LogP contribution in [-0.4, -0.2) is 17.8 Å². The molecule has 0 aliphatic carbocycles. The van der Waals surface area contributed by atoms with E-state index in [1.165, 1.54) is 6.07 Å². The van der Waals surface area contributed by atoms with Crippen LogP contribution in [0.5, 0.6) is 5.75 Å². The van der Waals surface area contributed by atoms with E-state index in [0.717, 1.165) is 4.47 Å². The molecule has 3 nitrogen and oxygen atoms in total. The molecule has 1 amide bonds. The molecule has 0 saturated carbocycles. The van der Waals surface area contributed by atoms with Crippen molar-refractivity contribution in [3.05, 3.63) is 53.0 Å². The van der Waals surface area contributed by atoms with Crippen molar-refractivity contribution >= 4 is 39.3 Å². The minimum absolute atomic E-state index is 0.312. The van der Waals surface area contributed by atoms with Crippen LogP contribution in [0.1, 0.15) is 6.92 Å². The predicted molar refractivity (Wildman–Crippen MR) is 91.2 cm³/mol. The van der Waals surface area contributed by atoms with E-state index in [1.807, 2.05) is 0 Å². The largest absolute Gasteiger partial charge is 0.481 e. The van der Waals surface area contributed by atoms with E-state index >= 15 is 0 Å². The molecular formula is C16H14BrF2NO2S. The lowest BCUT2D eigenvalue weighted by Crippen LogP contribution is -2.30. The molecule has 0 aromatic heterocycles. The number of amides is 1. The van der Waals surface area contributed by atoms with Gasteiger partial charge in [0.25, 0.3) is 11.7 Å². The molecule has 0 bridgehead atoms. The highest BCUT2D eigenvalue weighted by molar-refractivity contribution is 9.10. The van der Waals surface area contributed by atoms with Crippen LogP contribution >= 0.6 is 27.7 Å². The van der Waals surface area contributed by atoms with E-state index in [2.05, 4.69) is 21.2 Å². The maximum absolute atomic E-state index is 12.5. The second-order valence-electron chi connectivity index (χ2n) is 4.58. The average Bonchev–Trinajstić information content (AvgIpc) is 2.51. The van der Waals surface area contributed by atoms with E-state index in [0.29, 0.717) is 28.1 Å². The van der Waals surface area contributed by atoms with Crippen molar-refractivity contribution in [2.75, 3.05) is 5.32 Å². The summed E-state index contributed by atoms with van der Waals surface area (Å²) in [6.45, 7) is 1.60. The number of ether oxygens (including phenoxy) is 1. The number of hydrogen-bond donors (Lipinski definition) is 1. The number of benzene rings is 2. The Morgan fingerprint density at radius 2 is 1.83 bits per heavy atom. The summed E-state index contributed by atoms with van der Waals surface area (Å²) in [7, 11) is 0. The number of carbonyl (C=O) groups excluding carboxylic acids is 1. The Balaban J connectivity index is 2.02. The second-order valence-corrected chi connectivity index (χ2v) is 6.53. The van der Waals surface area contributed by atoms with E-state index in [1.54, 1.807) is 49.4 Å². The monoisotopic (exact) mass is 401 g/mol. The minimum Gasteiger partial charge on any atom is -0.481 e. The molecule has 0 aliphatic rings. The van der Waals surface area contributed by atoms with Crippen molar-refractivity contribution in [1.29, 1.82) is 0 Å². The van der Waals surface area contributed by atoms with Gasteiger partial charge in [0.1, 0.15) is 5.75 Å². The standard InChI is InChI=1S/C16H14BrF2NO2S/c1-10(22-12-8-6-11(17)7-9-12)15(21)20-13-4-2-3-5-14(13)23-16(18)19/h2-10,16H,1H3,(H,20,21). The molecule has 0 saturated heterocycles. The number of nitrogens with one attached hydrogen (secondary N) is 1. The van der Waals surface area contributed by atoms with Crippen LogP contribution in [-0.2, 0) is 4.79 Å². The second kappa shape index (κ2) is 8.31. The molecule has 2 rings (SSSR count). The Hall–Kier alpha value is -1.60. The van der Waals surface area contributed by atoms with Gasteiger partial charge in [0.2, 0.25) is 0 Å². The highest BCUT2D eigenvalue weighted by atomic mass is 79.9. The van der Waals surface area contributed by atoms with Gasteiger partial charge >= 0.3 is 0 Å². The van der Waals surface area contributed by atoms with Crippen molar-refractivity contribution in [1.82, 2.24) is 0 Å². The first-order valence-corrected chi connectivity index (χ1v) is 8.40. The Kier molecular flexibility index (Phi) is 6.41. The number of carbonyl (C=O) groups is 1. The fourth-order valence-corrected chi connectivity index (χ4v) is 2.63. The van der Waals surface area contributed by atoms with Crippen molar-refractivity contribution in [3.8, 4) is 5.75 Å². The van der Waals surface area contributed by atoms with Crippen molar-refractivity contribution in [2.45, 2.75) is 23.7 Å². The van der Waals surface area contributed by atoms with Gasteiger partial charge < -0.3 is 10.1 Å². The van der Waals surface area contributed by atoms with Crippen molar-refractivity contribution < 1.29 is 18.3 Å². The summed E-state index contributed by atoms with van der Waals surface area (Å²) in [5, 5.41) is 2.62. The highest BCUT2D eigenvalue weighted by Crippen LogP contribution is 2.31. The molecule has 0 fully saturated rings. The van der Waals surface area contributed by atoms with Crippen LogP contribution in [0.4, 0.5) is 14.5 Å². The lowest BCUT2D eigenvalue weighted by atomic mass is 10.3. The summed E-state index contributed by atoms with van der Waals surface area (Å²) in [5.41, 5.74) is 0.342. The Bertz CT molecular complexity index is 667. The third kappa shape index (κ3) is 5.51. The van der Waals surface area contributed by atoms with E-state index in [4.69, 9.17) is 4.74 Å². The SMILES string of the molecule is CC(Oc1ccc(Br)cc1)C(=O)Nc1ccccc1SC(F)F. The maximum Gasteiger partial charge on any atom is 0.288 e. The molecular weight excluding hydrogens is 388 g/mol. The number of anilines is 1. The molecule has 0 radical (unpaired) electrons. The molecule has 2 aromatic rings. The zero-order valence-electron chi connectivity index (χ0n) is 12.1. The minimum atomic E-state index is -2.55. The van der Waals surface area contributed by atoms with Gasteiger partial charge in [-0.1, -0.05) is 39.8 Å². The molecule has 1 N–H and O–H groups in total. The van der Waals surface area contributed by atoms with Gasteiger partial charge in [0.15, 0.2) is 6.10 Å². The molecule has 0 heterocycles. The molecule has 0 spiro atoms. The van der Waals surface area contributed by atoms with Crippen LogP contribution in [0.25, 0.3) is 0 Å². The first kappa shape index (κ1) is 17.7. The summed E-state index contributed by atoms with van der Waals surface area (Å²) < 4.78 is 31.5. The Morgan fingerprint density at radius 3 is 2.48 bits per heavy atom. The lowest BCUT2D eigenvalue weighted by molar-refractivity contribution is -0.122. The van der Waals surface area contributed by atoms with E-state index in [-0.39, 0.29) is 0 Å². The first-order chi connectivity index (χ1) is 11.0. The van der Waals surface area contributed by atoms with Gasteiger partial charge in [-0.2, -0.15) is 8.78 Å². The Morgan fingerprint density at radius 1 is 1.17 bits per heavy atom. The summed E-state index contributed by atoms with van der Waals surface area (Å²) in [6, 6.07) is 13.5. The molecule has 7 heteroatoms. The number of thioether (sulfide) groups is 1. The van der Waals surface area contributed by atoms with E-state index in [9.17, 15) is 13.6 Å². The number of halogens is 3. The predicted octanol–water partition coefficient (Wildman–Crippen LogP) is 5.17. The van der Waals surface area contributed by atoms with Gasteiger partial charge in [0.05, 0.1) is 5.69 Å². The lowest BCUT2D eigenvalue weighted by Gasteiger charge is -2.16. The van der Waals surface area contributed by atoms with Crippen LogP contribution in [0, 0.1) is 0 Å². The average molecular weight is 402 g/mol. The van der Waals surface area contributed by atoms with Crippen LogP contribution in [0.15, 0.2) is 57.9 Å². The molecule has 1 atom stereocenters. The van der Waals surface area contributed by atoms with Crippen molar-refractivity contribution in [2.24, 2.45) is 0 Å². The van der Waals surface area contributed by atoms with Gasteiger partial charge in [-0.25, -0.2) is 0 Å². The zero-order chi connectivity index (χ0) is 16.8.